The minimum Gasteiger partial charge on any atom is -0.490 e. The van der Waals surface area contributed by atoms with Crippen LogP contribution in [0.1, 0.15) is 31.6 Å². The van der Waals surface area contributed by atoms with Crippen molar-refractivity contribution < 1.29 is 9.47 Å². The molecule has 3 rings (SSSR count). The Balaban J connectivity index is 1.89. The van der Waals surface area contributed by atoms with E-state index in [9.17, 15) is 4.79 Å². The van der Waals surface area contributed by atoms with Gasteiger partial charge in [-0.05, 0) is 19.8 Å². The summed E-state index contributed by atoms with van der Waals surface area (Å²) < 4.78 is 10.4. The molecule has 0 aromatic carbocycles. The van der Waals surface area contributed by atoms with E-state index in [1.807, 2.05) is 13.0 Å². The van der Waals surface area contributed by atoms with Gasteiger partial charge in [0.25, 0.3) is 5.56 Å². The van der Waals surface area contributed by atoms with E-state index in [-0.39, 0.29) is 17.4 Å². The van der Waals surface area contributed by atoms with E-state index in [4.69, 9.17) is 9.47 Å². The molecule has 8 heteroatoms. The molecule has 0 aliphatic carbocycles. The number of H-pyrrole nitrogens is 1. The molecule has 1 aliphatic heterocycles. The van der Waals surface area contributed by atoms with Crippen LogP contribution in [0.5, 0.6) is 11.6 Å². The smallest absolute Gasteiger partial charge is 0.293 e. The Morgan fingerprint density at radius 3 is 3.00 bits per heavy atom. The highest BCUT2D eigenvalue weighted by Crippen LogP contribution is 2.33. The van der Waals surface area contributed by atoms with Crippen molar-refractivity contribution in [3.05, 3.63) is 34.8 Å². The number of anilines is 1. The standard InChI is InChI=1S/C15H19N5O3/c1-3-23-13-7-12(17-9-18-13)20-6-4-5-10(20)14-16-8-11(22-2)15(21)19-14/h7-10H,3-6H2,1-2H3,(H,16,19,21). The Bertz CT molecular complexity index is 733. The number of hydrogen-bond acceptors (Lipinski definition) is 7. The molecule has 1 fully saturated rings. The van der Waals surface area contributed by atoms with Gasteiger partial charge in [-0.2, -0.15) is 0 Å². The van der Waals surface area contributed by atoms with E-state index < -0.39 is 0 Å². The van der Waals surface area contributed by atoms with E-state index >= 15 is 0 Å². The Kier molecular flexibility index (Phi) is 4.40. The number of nitrogens with one attached hydrogen (secondary N) is 1. The zero-order valence-electron chi connectivity index (χ0n) is 13.2. The zero-order chi connectivity index (χ0) is 16.2. The normalized spacial score (nSPS) is 17.3. The van der Waals surface area contributed by atoms with Gasteiger partial charge in [0.15, 0.2) is 0 Å². The highest BCUT2D eigenvalue weighted by atomic mass is 16.5. The summed E-state index contributed by atoms with van der Waals surface area (Å²) in [5.41, 5.74) is -0.276. The molecule has 8 nitrogen and oxygen atoms in total. The fourth-order valence-corrected chi connectivity index (χ4v) is 2.75. The molecule has 0 saturated carbocycles. The minimum atomic E-state index is -0.276. The van der Waals surface area contributed by atoms with Gasteiger partial charge in [0, 0.05) is 12.6 Å². The third-order valence-corrected chi connectivity index (χ3v) is 3.79. The molecule has 0 radical (unpaired) electrons. The quantitative estimate of drug-likeness (QED) is 0.888. The molecule has 0 spiro atoms. The average Bonchev–Trinajstić information content (AvgIpc) is 3.05. The number of hydrogen-bond donors (Lipinski definition) is 1. The Labute approximate surface area is 133 Å². The van der Waals surface area contributed by atoms with Crippen molar-refractivity contribution in [2.24, 2.45) is 0 Å². The fraction of sp³-hybridized carbons (Fsp3) is 0.467. The van der Waals surface area contributed by atoms with Gasteiger partial charge >= 0.3 is 0 Å². The maximum Gasteiger partial charge on any atom is 0.293 e. The van der Waals surface area contributed by atoms with Crippen molar-refractivity contribution in [2.75, 3.05) is 25.2 Å². The van der Waals surface area contributed by atoms with Gasteiger partial charge in [-0.1, -0.05) is 0 Å². The van der Waals surface area contributed by atoms with Crippen LogP contribution >= 0.6 is 0 Å². The van der Waals surface area contributed by atoms with Crippen LogP contribution in [0, 0.1) is 0 Å². The van der Waals surface area contributed by atoms with Crippen molar-refractivity contribution in [1.82, 2.24) is 19.9 Å². The Morgan fingerprint density at radius 2 is 2.26 bits per heavy atom. The number of aromatic amines is 1. The first-order chi connectivity index (χ1) is 11.2. The van der Waals surface area contributed by atoms with Gasteiger partial charge in [-0.3, -0.25) is 4.79 Å². The number of nitrogens with zero attached hydrogens (tertiary/aromatic N) is 4. The highest BCUT2D eigenvalue weighted by molar-refractivity contribution is 5.44. The minimum absolute atomic E-state index is 0.0296. The highest BCUT2D eigenvalue weighted by Gasteiger charge is 2.29. The molecule has 3 heterocycles. The largest absolute Gasteiger partial charge is 0.490 e. The van der Waals surface area contributed by atoms with E-state index in [0.717, 1.165) is 25.2 Å². The number of ether oxygens (including phenoxy) is 2. The average molecular weight is 317 g/mol. The third kappa shape index (κ3) is 3.10. The van der Waals surface area contributed by atoms with Gasteiger partial charge in [-0.15, -0.1) is 0 Å². The predicted molar refractivity (Wildman–Crippen MR) is 83.9 cm³/mol. The summed E-state index contributed by atoms with van der Waals surface area (Å²) in [7, 11) is 1.45. The zero-order valence-corrected chi connectivity index (χ0v) is 13.2. The van der Waals surface area contributed by atoms with Gasteiger partial charge in [-0.25, -0.2) is 15.0 Å². The molecule has 0 bridgehead atoms. The van der Waals surface area contributed by atoms with Crippen molar-refractivity contribution >= 4 is 5.82 Å². The van der Waals surface area contributed by atoms with Crippen molar-refractivity contribution in [3.8, 4) is 11.6 Å². The maximum atomic E-state index is 11.9. The fourth-order valence-electron chi connectivity index (χ4n) is 2.75. The second-order valence-electron chi connectivity index (χ2n) is 5.16. The number of aromatic nitrogens is 4. The molecular weight excluding hydrogens is 298 g/mol. The van der Waals surface area contributed by atoms with Gasteiger partial charge in [0.2, 0.25) is 11.6 Å². The van der Waals surface area contributed by atoms with Gasteiger partial charge in [0.1, 0.15) is 18.0 Å². The first-order valence-electron chi connectivity index (χ1n) is 7.57. The van der Waals surface area contributed by atoms with Crippen molar-refractivity contribution in [2.45, 2.75) is 25.8 Å². The summed E-state index contributed by atoms with van der Waals surface area (Å²) in [5, 5.41) is 0. The van der Waals surface area contributed by atoms with Crippen LogP contribution in [0.15, 0.2) is 23.4 Å². The lowest BCUT2D eigenvalue weighted by Crippen LogP contribution is -2.27. The molecule has 23 heavy (non-hydrogen) atoms. The van der Waals surface area contributed by atoms with Crippen LogP contribution in [0.3, 0.4) is 0 Å². The lowest BCUT2D eigenvalue weighted by Gasteiger charge is -2.25. The molecule has 1 saturated heterocycles. The van der Waals surface area contributed by atoms with E-state index in [0.29, 0.717) is 18.3 Å². The molecule has 1 unspecified atom stereocenters. The van der Waals surface area contributed by atoms with Crippen molar-refractivity contribution in [3.63, 3.8) is 0 Å². The predicted octanol–water partition coefficient (Wildman–Crippen LogP) is 1.31. The van der Waals surface area contributed by atoms with Crippen LogP contribution in [0.25, 0.3) is 0 Å². The molecule has 2 aromatic heterocycles. The molecule has 1 atom stereocenters. The number of methoxy groups -OCH3 is 1. The summed E-state index contributed by atoms with van der Waals surface area (Å²) in [4.78, 5) is 29.6. The molecular formula is C15H19N5O3. The third-order valence-electron chi connectivity index (χ3n) is 3.79. The van der Waals surface area contributed by atoms with E-state index in [2.05, 4.69) is 24.8 Å². The molecule has 122 valence electrons. The van der Waals surface area contributed by atoms with Crippen LogP contribution in [0.4, 0.5) is 5.82 Å². The summed E-state index contributed by atoms with van der Waals surface area (Å²) in [6.45, 7) is 3.29. The summed E-state index contributed by atoms with van der Waals surface area (Å²) in [6.07, 6.45) is 4.83. The van der Waals surface area contributed by atoms with Gasteiger partial charge < -0.3 is 19.4 Å². The Hall–Kier alpha value is -2.64. The topological polar surface area (TPSA) is 93.2 Å². The summed E-state index contributed by atoms with van der Waals surface area (Å²) in [6, 6.07) is 1.78. The first-order valence-corrected chi connectivity index (χ1v) is 7.57. The molecule has 2 aromatic rings. The lowest BCUT2D eigenvalue weighted by atomic mass is 10.2. The first kappa shape index (κ1) is 15.3. The Morgan fingerprint density at radius 1 is 1.39 bits per heavy atom. The second-order valence-corrected chi connectivity index (χ2v) is 5.16. The lowest BCUT2D eigenvalue weighted by molar-refractivity contribution is 0.326. The van der Waals surface area contributed by atoms with Crippen LogP contribution in [-0.2, 0) is 0 Å². The summed E-state index contributed by atoms with van der Waals surface area (Å²) in [5.74, 6) is 2.13. The van der Waals surface area contributed by atoms with E-state index in [1.54, 1.807) is 0 Å². The van der Waals surface area contributed by atoms with Crippen molar-refractivity contribution in [1.29, 1.82) is 0 Å². The van der Waals surface area contributed by atoms with Gasteiger partial charge in [0.05, 0.1) is 26.0 Å². The summed E-state index contributed by atoms with van der Waals surface area (Å²) >= 11 is 0. The monoisotopic (exact) mass is 317 g/mol. The van der Waals surface area contributed by atoms with E-state index in [1.165, 1.54) is 19.6 Å². The molecule has 0 amide bonds. The maximum absolute atomic E-state index is 11.9. The second kappa shape index (κ2) is 6.64. The van der Waals surface area contributed by atoms with Crippen LogP contribution in [-0.4, -0.2) is 40.2 Å². The van der Waals surface area contributed by atoms with Crippen LogP contribution < -0.4 is 19.9 Å². The SMILES string of the molecule is CCOc1cc(N2CCCC2c2ncc(OC)c(=O)[nH]2)ncn1. The number of rotatable bonds is 5. The molecule has 1 aliphatic rings. The van der Waals surface area contributed by atoms with Crippen LogP contribution in [0.2, 0.25) is 0 Å². The molecule has 1 N–H and O–H groups in total.